The van der Waals surface area contributed by atoms with E-state index >= 15 is 0 Å². The molecule has 31 heavy (non-hydrogen) atoms. The van der Waals surface area contributed by atoms with Crippen LogP contribution in [0.15, 0.2) is 78.2 Å². The average molecular weight is 410 g/mol. The van der Waals surface area contributed by atoms with Gasteiger partial charge in [-0.15, -0.1) is 0 Å². The maximum absolute atomic E-state index is 13.0. The summed E-state index contributed by atoms with van der Waals surface area (Å²) < 4.78 is 5.52. The number of hydrogen-bond acceptors (Lipinski definition) is 5. The summed E-state index contributed by atoms with van der Waals surface area (Å²) in [5.74, 6) is 0.501. The van der Waals surface area contributed by atoms with Crippen molar-refractivity contribution in [1.29, 1.82) is 0 Å². The van der Waals surface area contributed by atoms with Gasteiger partial charge in [-0.25, -0.2) is 10.4 Å². The number of ether oxygens (including phenoxy) is 1. The zero-order valence-corrected chi connectivity index (χ0v) is 17.4. The highest BCUT2D eigenvalue weighted by molar-refractivity contribution is 6.07. The lowest BCUT2D eigenvalue weighted by atomic mass is 10.0. The topological polar surface area (TPSA) is 76.5 Å². The molecule has 0 fully saturated rings. The molecular formula is C25H22N4O2. The predicted octanol–water partition coefficient (Wildman–Crippen LogP) is 4.77. The Morgan fingerprint density at radius 1 is 1.06 bits per heavy atom. The van der Waals surface area contributed by atoms with E-state index in [0.717, 1.165) is 33.3 Å². The Labute approximate surface area is 180 Å². The quantitative estimate of drug-likeness (QED) is 0.367. The lowest BCUT2D eigenvalue weighted by molar-refractivity contribution is 0.0956. The molecule has 6 heteroatoms. The maximum atomic E-state index is 13.0. The molecule has 2 heterocycles. The number of rotatable bonds is 6. The zero-order valence-electron chi connectivity index (χ0n) is 17.4. The van der Waals surface area contributed by atoms with Crippen molar-refractivity contribution in [2.45, 2.75) is 13.8 Å². The van der Waals surface area contributed by atoms with Crippen LogP contribution in [-0.2, 0) is 0 Å². The number of fused-ring (bicyclic) bond motifs is 1. The molecule has 0 aliphatic carbocycles. The maximum Gasteiger partial charge on any atom is 0.272 e. The molecular weight excluding hydrogens is 388 g/mol. The van der Waals surface area contributed by atoms with Crippen LogP contribution in [0.5, 0.6) is 5.75 Å². The number of nitrogens with zero attached hydrogens (tertiary/aromatic N) is 3. The minimum atomic E-state index is -0.296. The highest BCUT2D eigenvalue weighted by Gasteiger charge is 2.14. The Kier molecular flexibility index (Phi) is 5.98. The number of hydrazone groups is 1. The van der Waals surface area contributed by atoms with E-state index in [9.17, 15) is 4.79 Å². The molecule has 1 N–H and O–H groups in total. The summed E-state index contributed by atoms with van der Waals surface area (Å²) in [6.07, 6.45) is 4.93. The molecule has 0 aliphatic heterocycles. The molecule has 6 nitrogen and oxygen atoms in total. The van der Waals surface area contributed by atoms with Crippen molar-refractivity contribution < 1.29 is 9.53 Å². The summed E-state index contributed by atoms with van der Waals surface area (Å²) in [6.45, 7) is 4.54. The summed E-state index contributed by atoms with van der Waals surface area (Å²) in [7, 11) is 0. The standard InChI is InChI=1S/C25H22N4O2/c1-3-31-20-7-5-19(6-8-20)24-15-22(21-14-17(2)4-9-23(21)28-24)25(30)29-27-16-18-10-12-26-13-11-18/h4-16H,3H2,1-2H3,(H,29,30)/b27-16-. The normalized spacial score (nSPS) is 11.0. The zero-order chi connectivity index (χ0) is 21.6. The molecule has 0 bridgehead atoms. The van der Waals surface area contributed by atoms with Crippen molar-refractivity contribution >= 4 is 23.0 Å². The summed E-state index contributed by atoms with van der Waals surface area (Å²) >= 11 is 0. The highest BCUT2D eigenvalue weighted by atomic mass is 16.5. The molecule has 0 spiro atoms. The monoisotopic (exact) mass is 410 g/mol. The second kappa shape index (κ2) is 9.17. The molecule has 4 aromatic rings. The molecule has 0 radical (unpaired) electrons. The molecule has 4 rings (SSSR count). The van der Waals surface area contributed by atoms with E-state index < -0.39 is 0 Å². The lowest BCUT2D eigenvalue weighted by Gasteiger charge is -2.10. The van der Waals surface area contributed by atoms with Crippen LogP contribution in [-0.4, -0.2) is 28.7 Å². The number of aryl methyl sites for hydroxylation is 1. The third kappa shape index (κ3) is 4.75. The first-order valence-corrected chi connectivity index (χ1v) is 10.0. The third-order valence-electron chi connectivity index (χ3n) is 4.76. The van der Waals surface area contributed by atoms with Gasteiger partial charge in [0.1, 0.15) is 5.75 Å². The fourth-order valence-corrected chi connectivity index (χ4v) is 3.24. The molecule has 0 aliphatic rings. The van der Waals surface area contributed by atoms with E-state index in [1.165, 1.54) is 0 Å². The Bertz CT molecular complexity index is 1240. The van der Waals surface area contributed by atoms with Crippen molar-refractivity contribution in [3.05, 3.63) is 89.7 Å². The first kappa shape index (κ1) is 20.2. The van der Waals surface area contributed by atoms with Crippen molar-refractivity contribution in [2.75, 3.05) is 6.61 Å². The molecule has 2 aromatic heterocycles. The lowest BCUT2D eigenvalue weighted by Crippen LogP contribution is -2.18. The molecule has 0 saturated carbocycles. The number of carbonyl (C=O) groups excluding carboxylic acids is 1. The highest BCUT2D eigenvalue weighted by Crippen LogP contribution is 2.27. The Hall–Kier alpha value is -4.06. The van der Waals surface area contributed by atoms with Gasteiger partial charge >= 0.3 is 0 Å². The van der Waals surface area contributed by atoms with Gasteiger partial charge in [0.05, 0.1) is 29.6 Å². The second-order valence-corrected chi connectivity index (χ2v) is 7.01. The van der Waals surface area contributed by atoms with Gasteiger partial charge in [0.2, 0.25) is 0 Å². The molecule has 0 saturated heterocycles. The van der Waals surface area contributed by atoms with E-state index in [1.807, 2.05) is 68.4 Å². The summed E-state index contributed by atoms with van der Waals surface area (Å²) in [5.41, 5.74) is 7.41. The molecule has 0 atom stereocenters. The van der Waals surface area contributed by atoms with Gasteiger partial charge in [0.15, 0.2) is 0 Å². The number of hydrogen-bond donors (Lipinski definition) is 1. The smallest absolute Gasteiger partial charge is 0.272 e. The minimum absolute atomic E-state index is 0.296. The van der Waals surface area contributed by atoms with Crippen LogP contribution in [0.3, 0.4) is 0 Å². The second-order valence-electron chi connectivity index (χ2n) is 7.01. The number of pyridine rings is 2. The Morgan fingerprint density at radius 2 is 1.84 bits per heavy atom. The predicted molar refractivity (Wildman–Crippen MR) is 122 cm³/mol. The van der Waals surface area contributed by atoms with Crippen molar-refractivity contribution in [3.63, 3.8) is 0 Å². The Morgan fingerprint density at radius 3 is 2.58 bits per heavy atom. The van der Waals surface area contributed by atoms with E-state index in [-0.39, 0.29) is 5.91 Å². The largest absolute Gasteiger partial charge is 0.494 e. The minimum Gasteiger partial charge on any atom is -0.494 e. The van der Waals surface area contributed by atoms with Gasteiger partial charge in [0, 0.05) is 23.3 Å². The molecule has 0 unspecified atom stereocenters. The van der Waals surface area contributed by atoms with Crippen LogP contribution in [0.4, 0.5) is 0 Å². The average Bonchev–Trinajstić information content (AvgIpc) is 2.80. The van der Waals surface area contributed by atoms with E-state index in [0.29, 0.717) is 17.9 Å². The van der Waals surface area contributed by atoms with Crippen LogP contribution in [0.1, 0.15) is 28.4 Å². The first-order chi connectivity index (χ1) is 15.1. The van der Waals surface area contributed by atoms with Gasteiger partial charge in [-0.3, -0.25) is 9.78 Å². The summed E-state index contributed by atoms with van der Waals surface area (Å²) in [5, 5.41) is 4.88. The molecule has 154 valence electrons. The number of nitrogens with one attached hydrogen (secondary N) is 1. The molecule has 1 amide bonds. The molecule has 2 aromatic carbocycles. The van der Waals surface area contributed by atoms with Gasteiger partial charge in [-0.2, -0.15) is 5.10 Å². The van der Waals surface area contributed by atoms with Crippen LogP contribution >= 0.6 is 0 Å². The van der Waals surface area contributed by atoms with Gasteiger partial charge < -0.3 is 4.74 Å². The number of aromatic nitrogens is 2. The van der Waals surface area contributed by atoms with Crippen molar-refractivity contribution in [3.8, 4) is 17.0 Å². The van der Waals surface area contributed by atoms with E-state index in [1.54, 1.807) is 24.7 Å². The fraction of sp³-hybridized carbons (Fsp3) is 0.120. The van der Waals surface area contributed by atoms with Crippen molar-refractivity contribution in [1.82, 2.24) is 15.4 Å². The number of amides is 1. The Balaban J connectivity index is 1.69. The van der Waals surface area contributed by atoms with Crippen LogP contribution in [0.2, 0.25) is 0 Å². The van der Waals surface area contributed by atoms with Crippen LogP contribution in [0, 0.1) is 6.92 Å². The number of carbonyl (C=O) groups is 1. The SMILES string of the molecule is CCOc1ccc(-c2cc(C(=O)N/N=C\c3ccncc3)c3cc(C)ccc3n2)cc1. The first-order valence-electron chi connectivity index (χ1n) is 10.0. The van der Waals surface area contributed by atoms with Crippen LogP contribution < -0.4 is 10.2 Å². The summed E-state index contributed by atoms with van der Waals surface area (Å²) in [6, 6.07) is 19.0. The summed E-state index contributed by atoms with van der Waals surface area (Å²) in [4.78, 5) is 21.7. The van der Waals surface area contributed by atoms with E-state index in [4.69, 9.17) is 9.72 Å². The fourth-order valence-electron chi connectivity index (χ4n) is 3.24. The van der Waals surface area contributed by atoms with Crippen LogP contribution in [0.25, 0.3) is 22.2 Å². The van der Waals surface area contributed by atoms with E-state index in [2.05, 4.69) is 15.5 Å². The third-order valence-corrected chi connectivity index (χ3v) is 4.76. The van der Waals surface area contributed by atoms with Gasteiger partial charge in [-0.05, 0) is 74.0 Å². The van der Waals surface area contributed by atoms with Crippen molar-refractivity contribution in [2.24, 2.45) is 5.10 Å². The van der Waals surface area contributed by atoms with Gasteiger partial charge in [-0.1, -0.05) is 11.6 Å². The van der Waals surface area contributed by atoms with Gasteiger partial charge in [0.25, 0.3) is 5.91 Å². The number of benzene rings is 2.